The molecule has 3 rings (SSSR count). The lowest BCUT2D eigenvalue weighted by Crippen LogP contribution is -2.46. The van der Waals surface area contributed by atoms with Crippen molar-refractivity contribution in [2.75, 3.05) is 11.9 Å². The van der Waals surface area contributed by atoms with Gasteiger partial charge >= 0.3 is 0 Å². The number of benzene rings is 1. The fourth-order valence-corrected chi connectivity index (χ4v) is 2.88. The Morgan fingerprint density at radius 2 is 2.12 bits per heavy atom. The van der Waals surface area contributed by atoms with E-state index in [0.717, 1.165) is 11.8 Å². The summed E-state index contributed by atoms with van der Waals surface area (Å²) >= 11 is 5.74. The maximum atomic E-state index is 14.0. The van der Waals surface area contributed by atoms with Gasteiger partial charge in [0.1, 0.15) is 5.82 Å². The molecule has 0 saturated heterocycles. The van der Waals surface area contributed by atoms with Crippen molar-refractivity contribution in [1.29, 1.82) is 0 Å². The molecule has 2 heterocycles. The van der Waals surface area contributed by atoms with Gasteiger partial charge in [-0.25, -0.2) is 14.4 Å². The van der Waals surface area contributed by atoms with Crippen LogP contribution in [0.15, 0.2) is 48.1 Å². The van der Waals surface area contributed by atoms with Crippen LogP contribution in [0.5, 0.6) is 0 Å². The van der Waals surface area contributed by atoms with Crippen LogP contribution in [0.3, 0.4) is 0 Å². The zero-order valence-electron chi connectivity index (χ0n) is 13.5. The van der Waals surface area contributed by atoms with E-state index in [2.05, 4.69) is 15.3 Å². The number of nitrogens with two attached hydrogens (primary N) is 1. The Bertz CT molecular complexity index is 827. The Morgan fingerprint density at radius 1 is 1.40 bits per heavy atom. The predicted octanol–water partition coefficient (Wildman–Crippen LogP) is 2.79. The van der Waals surface area contributed by atoms with Gasteiger partial charge in [-0.3, -0.25) is 4.79 Å². The van der Waals surface area contributed by atoms with E-state index in [1.807, 2.05) is 0 Å². The average Bonchev–Trinajstić information content (AvgIpc) is 2.59. The Kier molecular flexibility index (Phi) is 4.85. The van der Waals surface area contributed by atoms with Crippen LogP contribution in [0.2, 0.25) is 5.02 Å². The average molecular weight is 362 g/mol. The van der Waals surface area contributed by atoms with E-state index >= 15 is 0 Å². The van der Waals surface area contributed by atoms with Crippen molar-refractivity contribution in [3.8, 4) is 0 Å². The highest BCUT2D eigenvalue weighted by molar-refractivity contribution is 6.30. The van der Waals surface area contributed by atoms with Gasteiger partial charge in [0, 0.05) is 36.1 Å². The van der Waals surface area contributed by atoms with Crippen molar-refractivity contribution in [2.45, 2.75) is 19.4 Å². The maximum Gasteiger partial charge on any atom is 0.257 e. The van der Waals surface area contributed by atoms with Crippen molar-refractivity contribution in [3.05, 3.63) is 64.5 Å². The van der Waals surface area contributed by atoms with Crippen molar-refractivity contribution >= 4 is 23.5 Å². The second-order valence-electron chi connectivity index (χ2n) is 5.68. The molecule has 8 heteroatoms. The molecule has 1 aliphatic heterocycles. The lowest BCUT2D eigenvalue weighted by molar-refractivity contribution is 0.0700. The minimum Gasteiger partial charge on any atom is -0.399 e. The van der Waals surface area contributed by atoms with Crippen LogP contribution in [0.25, 0.3) is 0 Å². The number of carbonyl (C=O) groups excluding carboxylic acids is 1. The van der Waals surface area contributed by atoms with Crippen LogP contribution in [0.1, 0.15) is 23.7 Å². The standard InChI is InChI=1S/C17H17ClFN5O/c1-10-15(20)14(23-17-21-6-2-7-22-17)5-8-24(10)16(25)12-4-3-11(18)9-13(12)19/h2-4,6-7,9-10H,5,8,20H2,1H3,(H,21,22,23). The monoisotopic (exact) mass is 361 g/mol. The van der Waals surface area contributed by atoms with Gasteiger partial charge in [-0.05, 0) is 31.2 Å². The van der Waals surface area contributed by atoms with E-state index in [0.29, 0.717) is 24.6 Å². The number of hydrogen-bond acceptors (Lipinski definition) is 5. The highest BCUT2D eigenvalue weighted by Crippen LogP contribution is 2.24. The quantitative estimate of drug-likeness (QED) is 0.878. The minimum absolute atomic E-state index is 0.0214. The third kappa shape index (κ3) is 3.56. The summed E-state index contributed by atoms with van der Waals surface area (Å²) in [5, 5.41) is 3.33. The maximum absolute atomic E-state index is 14.0. The van der Waals surface area contributed by atoms with Crippen LogP contribution in [0, 0.1) is 5.82 Å². The second kappa shape index (κ2) is 7.06. The summed E-state index contributed by atoms with van der Waals surface area (Å²) < 4.78 is 14.0. The Balaban J connectivity index is 1.81. The Morgan fingerprint density at radius 3 is 2.80 bits per heavy atom. The molecule has 0 spiro atoms. The smallest absolute Gasteiger partial charge is 0.257 e. The van der Waals surface area contributed by atoms with Gasteiger partial charge in [0.25, 0.3) is 5.91 Å². The highest BCUT2D eigenvalue weighted by Gasteiger charge is 2.30. The number of amides is 1. The van der Waals surface area contributed by atoms with Crippen molar-refractivity contribution in [1.82, 2.24) is 14.9 Å². The molecule has 0 saturated carbocycles. The van der Waals surface area contributed by atoms with Gasteiger partial charge in [-0.2, -0.15) is 0 Å². The van der Waals surface area contributed by atoms with Crippen LogP contribution in [-0.4, -0.2) is 33.4 Å². The number of nitrogens with one attached hydrogen (secondary N) is 1. The first-order chi connectivity index (χ1) is 12.0. The highest BCUT2D eigenvalue weighted by atomic mass is 35.5. The zero-order chi connectivity index (χ0) is 18.0. The summed E-state index contributed by atoms with van der Waals surface area (Å²) in [5.74, 6) is -0.621. The van der Waals surface area contributed by atoms with E-state index in [-0.39, 0.29) is 16.6 Å². The summed E-state index contributed by atoms with van der Waals surface area (Å²) in [5.41, 5.74) is 7.43. The first-order valence-corrected chi connectivity index (χ1v) is 8.13. The minimum atomic E-state index is -0.645. The van der Waals surface area contributed by atoms with Crippen molar-refractivity contribution in [2.24, 2.45) is 5.73 Å². The number of carbonyl (C=O) groups is 1. The molecule has 130 valence electrons. The Labute approximate surface area is 149 Å². The molecule has 0 bridgehead atoms. The van der Waals surface area contributed by atoms with Gasteiger partial charge in [-0.1, -0.05) is 11.6 Å². The Hall–Kier alpha value is -2.67. The molecule has 1 aromatic carbocycles. The number of rotatable bonds is 3. The zero-order valence-corrected chi connectivity index (χ0v) is 14.3. The van der Waals surface area contributed by atoms with Gasteiger partial charge in [0.2, 0.25) is 5.95 Å². The third-order valence-electron chi connectivity index (χ3n) is 4.12. The molecule has 6 nitrogen and oxygen atoms in total. The number of anilines is 1. The molecule has 0 fully saturated rings. The fraction of sp³-hybridized carbons (Fsp3) is 0.235. The van der Waals surface area contributed by atoms with Gasteiger partial charge in [-0.15, -0.1) is 0 Å². The first-order valence-electron chi connectivity index (χ1n) is 7.76. The molecule has 1 aromatic heterocycles. The lowest BCUT2D eigenvalue weighted by Gasteiger charge is -2.35. The molecule has 1 unspecified atom stereocenters. The first kappa shape index (κ1) is 17.2. The fourth-order valence-electron chi connectivity index (χ4n) is 2.72. The van der Waals surface area contributed by atoms with Gasteiger partial charge in [0.15, 0.2) is 0 Å². The molecular weight excluding hydrogens is 345 g/mol. The molecular formula is C17H17ClFN5O. The van der Waals surface area contributed by atoms with E-state index in [1.54, 1.807) is 30.3 Å². The van der Waals surface area contributed by atoms with Gasteiger partial charge < -0.3 is 16.0 Å². The second-order valence-corrected chi connectivity index (χ2v) is 6.12. The van der Waals surface area contributed by atoms with Crippen LogP contribution in [0.4, 0.5) is 10.3 Å². The largest absolute Gasteiger partial charge is 0.399 e. The van der Waals surface area contributed by atoms with Crippen LogP contribution in [-0.2, 0) is 0 Å². The molecule has 1 atom stereocenters. The number of halogens is 2. The molecule has 0 aliphatic carbocycles. The molecule has 1 amide bonds. The number of aromatic nitrogens is 2. The number of nitrogens with zero attached hydrogens (tertiary/aromatic N) is 3. The summed E-state index contributed by atoms with van der Waals surface area (Å²) in [6.07, 6.45) is 3.74. The third-order valence-corrected chi connectivity index (χ3v) is 4.35. The van der Waals surface area contributed by atoms with Gasteiger partial charge in [0.05, 0.1) is 17.3 Å². The van der Waals surface area contributed by atoms with E-state index < -0.39 is 11.7 Å². The number of hydrogen-bond donors (Lipinski definition) is 2. The topological polar surface area (TPSA) is 84.1 Å². The van der Waals surface area contributed by atoms with E-state index in [1.165, 1.54) is 12.1 Å². The molecule has 3 N–H and O–H groups in total. The van der Waals surface area contributed by atoms with Crippen molar-refractivity contribution < 1.29 is 9.18 Å². The van der Waals surface area contributed by atoms with Crippen molar-refractivity contribution in [3.63, 3.8) is 0 Å². The molecule has 1 aliphatic rings. The van der Waals surface area contributed by atoms with Crippen LogP contribution >= 0.6 is 11.6 Å². The lowest BCUT2D eigenvalue weighted by atomic mass is 10.0. The predicted molar refractivity (Wildman–Crippen MR) is 93.4 cm³/mol. The van der Waals surface area contributed by atoms with Crippen LogP contribution < -0.4 is 11.1 Å². The molecule has 0 radical (unpaired) electrons. The normalized spacial score (nSPS) is 17.6. The van der Waals surface area contributed by atoms with E-state index in [9.17, 15) is 9.18 Å². The summed E-state index contributed by atoms with van der Waals surface area (Å²) in [6.45, 7) is 2.20. The molecule has 25 heavy (non-hydrogen) atoms. The summed E-state index contributed by atoms with van der Waals surface area (Å²) in [7, 11) is 0. The summed E-state index contributed by atoms with van der Waals surface area (Å²) in [4.78, 5) is 22.4. The summed E-state index contributed by atoms with van der Waals surface area (Å²) in [6, 6.07) is 5.34. The SMILES string of the molecule is CC1C(N)=C(Nc2ncccn2)CCN1C(=O)c1ccc(Cl)cc1F. The van der Waals surface area contributed by atoms with E-state index in [4.69, 9.17) is 17.3 Å². The molecule has 2 aromatic rings.